The second-order valence-corrected chi connectivity index (χ2v) is 5.11. The van der Waals surface area contributed by atoms with Crippen LogP contribution in [0.4, 0.5) is 5.13 Å². The van der Waals surface area contributed by atoms with Gasteiger partial charge < -0.3 is 10.2 Å². The Hall–Kier alpha value is -2.41. The van der Waals surface area contributed by atoms with Crippen molar-refractivity contribution in [1.29, 1.82) is 0 Å². The number of hydrogen-bond acceptors (Lipinski definition) is 6. The average Bonchev–Trinajstić information content (AvgIpc) is 3.08. The largest absolute Gasteiger partial charge is 0.463 e. The number of rotatable bonds is 3. The molecule has 0 aromatic carbocycles. The Balaban J connectivity index is 2.18. The first kappa shape index (κ1) is 12.6. The molecule has 0 saturated heterocycles. The predicted octanol–water partition coefficient (Wildman–Crippen LogP) is 2.23. The summed E-state index contributed by atoms with van der Waals surface area (Å²) in [5.74, 6) is 0.629. The number of aromatic nitrogens is 3. The maximum absolute atomic E-state index is 11.6. The highest BCUT2D eigenvalue weighted by Gasteiger charge is 2.17. The molecule has 6 nitrogen and oxygen atoms in total. The van der Waals surface area contributed by atoms with Crippen LogP contribution in [-0.2, 0) is 6.54 Å². The Morgan fingerprint density at radius 3 is 2.95 bits per heavy atom. The van der Waals surface area contributed by atoms with Gasteiger partial charge in [-0.1, -0.05) is 11.3 Å². The van der Waals surface area contributed by atoms with E-state index in [1.165, 1.54) is 22.1 Å². The lowest BCUT2D eigenvalue weighted by Crippen LogP contribution is -2.20. The van der Waals surface area contributed by atoms with Crippen LogP contribution in [0.15, 0.2) is 39.7 Å². The van der Waals surface area contributed by atoms with E-state index >= 15 is 0 Å². The third-order valence-corrected chi connectivity index (χ3v) is 3.70. The van der Waals surface area contributed by atoms with Gasteiger partial charge in [-0.05, 0) is 25.1 Å². The minimum atomic E-state index is -0.131. The second-order valence-electron chi connectivity index (χ2n) is 4.08. The molecule has 0 aliphatic rings. The Kier molecular flexibility index (Phi) is 3.11. The van der Waals surface area contributed by atoms with Gasteiger partial charge in [-0.15, -0.1) is 0 Å². The first-order valence-corrected chi connectivity index (χ1v) is 6.89. The molecule has 3 aromatic heterocycles. The van der Waals surface area contributed by atoms with Gasteiger partial charge in [0.15, 0.2) is 10.9 Å². The summed E-state index contributed by atoms with van der Waals surface area (Å²) in [6, 6.07) is 6.77. The molecule has 7 heteroatoms. The molecule has 0 bridgehead atoms. The van der Waals surface area contributed by atoms with Crippen LogP contribution in [0.25, 0.3) is 22.0 Å². The summed E-state index contributed by atoms with van der Waals surface area (Å²) in [4.78, 5) is 16.7. The first-order chi connectivity index (χ1) is 9.69. The molecule has 2 N–H and O–H groups in total. The molecular formula is C13H12N4O2S. The van der Waals surface area contributed by atoms with Crippen molar-refractivity contribution >= 4 is 16.5 Å². The first-order valence-electron chi connectivity index (χ1n) is 6.07. The molecule has 0 atom stereocenters. The van der Waals surface area contributed by atoms with E-state index in [9.17, 15) is 4.79 Å². The van der Waals surface area contributed by atoms with Crippen molar-refractivity contribution in [2.24, 2.45) is 0 Å². The van der Waals surface area contributed by atoms with Crippen molar-refractivity contribution in [3.63, 3.8) is 0 Å². The van der Waals surface area contributed by atoms with E-state index in [-0.39, 0.29) is 5.56 Å². The molecule has 0 spiro atoms. The van der Waals surface area contributed by atoms with Crippen molar-refractivity contribution in [3.8, 4) is 22.0 Å². The zero-order valence-electron chi connectivity index (χ0n) is 10.7. The fraction of sp³-hybridized carbons (Fsp3) is 0.154. The maximum atomic E-state index is 11.6. The van der Waals surface area contributed by atoms with Crippen LogP contribution in [0.5, 0.6) is 0 Å². The Morgan fingerprint density at radius 2 is 2.25 bits per heavy atom. The number of nitrogens with two attached hydrogens (primary N) is 1. The number of thiazole rings is 1. The van der Waals surface area contributed by atoms with Gasteiger partial charge in [-0.25, -0.2) is 9.67 Å². The minimum Gasteiger partial charge on any atom is -0.463 e. The molecule has 3 heterocycles. The van der Waals surface area contributed by atoms with Gasteiger partial charge in [0, 0.05) is 12.6 Å². The monoisotopic (exact) mass is 288 g/mol. The van der Waals surface area contributed by atoms with Gasteiger partial charge in [0.2, 0.25) is 0 Å². The predicted molar refractivity (Wildman–Crippen MR) is 77.4 cm³/mol. The van der Waals surface area contributed by atoms with Crippen LogP contribution in [0.1, 0.15) is 6.92 Å². The molecule has 0 amide bonds. The summed E-state index contributed by atoms with van der Waals surface area (Å²) < 4.78 is 6.77. The Labute approximate surface area is 118 Å². The van der Waals surface area contributed by atoms with Crippen molar-refractivity contribution in [2.45, 2.75) is 13.5 Å². The fourth-order valence-electron chi connectivity index (χ4n) is 1.89. The molecule has 3 rings (SSSR count). The van der Waals surface area contributed by atoms with Gasteiger partial charge in [0.25, 0.3) is 5.56 Å². The highest BCUT2D eigenvalue weighted by Crippen LogP contribution is 2.36. The molecule has 20 heavy (non-hydrogen) atoms. The summed E-state index contributed by atoms with van der Waals surface area (Å²) in [7, 11) is 0. The van der Waals surface area contributed by atoms with Crippen LogP contribution in [0, 0.1) is 0 Å². The lowest BCUT2D eigenvalue weighted by Gasteiger charge is -2.03. The highest BCUT2D eigenvalue weighted by atomic mass is 32.1. The normalized spacial score (nSPS) is 10.8. The van der Waals surface area contributed by atoms with Crippen molar-refractivity contribution in [1.82, 2.24) is 14.8 Å². The van der Waals surface area contributed by atoms with Gasteiger partial charge in [-0.2, -0.15) is 5.10 Å². The molecule has 0 fully saturated rings. The van der Waals surface area contributed by atoms with E-state index in [0.29, 0.717) is 28.8 Å². The molecule has 0 radical (unpaired) electrons. The molecule has 0 aliphatic heterocycles. The lowest BCUT2D eigenvalue weighted by atomic mass is 10.2. The lowest BCUT2D eigenvalue weighted by molar-refractivity contribution is 0.580. The zero-order valence-corrected chi connectivity index (χ0v) is 11.6. The number of aryl methyl sites for hydroxylation is 1. The topological polar surface area (TPSA) is 86.9 Å². The van der Waals surface area contributed by atoms with E-state index < -0.39 is 0 Å². The van der Waals surface area contributed by atoms with Crippen LogP contribution in [0.2, 0.25) is 0 Å². The van der Waals surface area contributed by atoms with Crippen molar-refractivity contribution in [3.05, 3.63) is 40.9 Å². The van der Waals surface area contributed by atoms with Crippen LogP contribution < -0.4 is 11.3 Å². The molecule has 0 saturated carbocycles. The summed E-state index contributed by atoms with van der Waals surface area (Å²) in [5.41, 5.74) is 6.97. The van der Waals surface area contributed by atoms with Crippen LogP contribution in [-0.4, -0.2) is 14.8 Å². The quantitative estimate of drug-likeness (QED) is 0.798. The molecule has 0 aliphatic carbocycles. The SMILES string of the molecule is CCn1nc(-c2sc(N)nc2-c2ccco2)ccc1=O. The summed E-state index contributed by atoms with van der Waals surface area (Å²) in [6.07, 6.45) is 1.58. The van der Waals surface area contributed by atoms with Crippen molar-refractivity contribution in [2.75, 3.05) is 5.73 Å². The van der Waals surface area contributed by atoms with Gasteiger partial charge in [0.1, 0.15) is 11.4 Å². The van der Waals surface area contributed by atoms with E-state index in [2.05, 4.69) is 10.1 Å². The summed E-state index contributed by atoms with van der Waals surface area (Å²) in [6.45, 7) is 2.38. The second kappa shape index (κ2) is 4.93. The van der Waals surface area contributed by atoms with Gasteiger partial charge in [-0.3, -0.25) is 4.79 Å². The molecule has 102 valence electrons. The van der Waals surface area contributed by atoms with E-state index in [1.807, 2.05) is 13.0 Å². The molecule has 3 aromatic rings. The third kappa shape index (κ3) is 2.12. The van der Waals surface area contributed by atoms with Crippen LogP contribution in [0.3, 0.4) is 0 Å². The smallest absolute Gasteiger partial charge is 0.266 e. The average molecular weight is 288 g/mol. The Bertz CT molecular complexity index is 789. The number of anilines is 1. The zero-order chi connectivity index (χ0) is 14.1. The van der Waals surface area contributed by atoms with E-state index in [4.69, 9.17) is 10.2 Å². The fourth-order valence-corrected chi connectivity index (χ4v) is 2.69. The highest BCUT2D eigenvalue weighted by molar-refractivity contribution is 7.19. The van der Waals surface area contributed by atoms with E-state index in [0.717, 1.165) is 4.88 Å². The van der Waals surface area contributed by atoms with Gasteiger partial charge in [0.05, 0.1) is 11.1 Å². The Morgan fingerprint density at radius 1 is 1.40 bits per heavy atom. The summed E-state index contributed by atoms with van der Waals surface area (Å²) >= 11 is 1.32. The number of hydrogen-bond donors (Lipinski definition) is 1. The minimum absolute atomic E-state index is 0.131. The number of nitrogens with zero attached hydrogens (tertiary/aromatic N) is 3. The van der Waals surface area contributed by atoms with Gasteiger partial charge >= 0.3 is 0 Å². The molecular weight excluding hydrogens is 276 g/mol. The standard InChI is InChI=1S/C13H12N4O2S/c1-2-17-10(18)6-5-8(16-17)12-11(15-13(14)20-12)9-4-3-7-19-9/h3-7H,2H2,1H3,(H2,14,15). The maximum Gasteiger partial charge on any atom is 0.266 e. The van der Waals surface area contributed by atoms with E-state index in [1.54, 1.807) is 18.4 Å². The summed E-state index contributed by atoms with van der Waals surface area (Å²) in [5, 5.41) is 4.76. The molecule has 0 unspecified atom stereocenters. The van der Waals surface area contributed by atoms with Crippen LogP contribution >= 0.6 is 11.3 Å². The number of nitrogen functional groups attached to an aromatic ring is 1. The number of furan rings is 1. The van der Waals surface area contributed by atoms with Crippen molar-refractivity contribution < 1.29 is 4.42 Å². The third-order valence-electron chi connectivity index (χ3n) is 2.80.